The third-order valence-corrected chi connectivity index (χ3v) is 2.68. The zero-order valence-corrected chi connectivity index (χ0v) is 11.5. The van der Waals surface area contributed by atoms with Crippen molar-refractivity contribution in [1.82, 2.24) is 0 Å². The molecule has 1 heterocycles. The van der Waals surface area contributed by atoms with Crippen molar-refractivity contribution in [3.63, 3.8) is 0 Å². The molecule has 1 saturated heterocycles. The van der Waals surface area contributed by atoms with E-state index in [2.05, 4.69) is 5.16 Å². The van der Waals surface area contributed by atoms with Crippen molar-refractivity contribution in [2.75, 3.05) is 6.61 Å². The van der Waals surface area contributed by atoms with Crippen molar-refractivity contribution in [3.8, 4) is 0 Å². The van der Waals surface area contributed by atoms with E-state index in [0.29, 0.717) is 18.7 Å². The van der Waals surface area contributed by atoms with Gasteiger partial charge in [-0.05, 0) is 27.2 Å². The molecule has 1 rings (SSSR count). The van der Waals surface area contributed by atoms with Crippen molar-refractivity contribution in [3.05, 3.63) is 0 Å². The average molecular weight is 255 g/mol. The molecule has 0 saturated carbocycles. The van der Waals surface area contributed by atoms with Crippen LogP contribution in [0.1, 0.15) is 47.0 Å². The maximum absolute atomic E-state index is 12.1. The van der Waals surface area contributed by atoms with Gasteiger partial charge in [-0.3, -0.25) is 9.59 Å². The predicted octanol–water partition coefficient (Wildman–Crippen LogP) is 2.09. The Balaban J connectivity index is 2.91. The molecular formula is C13H21NO4. The smallest absolute Gasteiger partial charge is 0.322 e. The van der Waals surface area contributed by atoms with Crippen LogP contribution in [-0.2, 0) is 19.2 Å². The second kappa shape index (κ2) is 5.98. The summed E-state index contributed by atoms with van der Waals surface area (Å²) in [6.07, 6.45) is 1.58. The second-order valence-corrected chi connectivity index (χ2v) is 5.01. The van der Waals surface area contributed by atoms with E-state index in [1.807, 2.05) is 6.92 Å². The molecule has 0 N–H and O–H groups in total. The molecule has 18 heavy (non-hydrogen) atoms. The molecule has 1 aliphatic rings. The Labute approximate surface area is 108 Å². The zero-order valence-electron chi connectivity index (χ0n) is 11.5. The van der Waals surface area contributed by atoms with E-state index < -0.39 is 17.5 Å². The Morgan fingerprint density at radius 1 is 1.44 bits per heavy atom. The molecule has 0 amide bonds. The summed E-state index contributed by atoms with van der Waals surface area (Å²) in [6.45, 7) is 7.65. The monoisotopic (exact) mass is 255 g/mol. The van der Waals surface area contributed by atoms with Crippen LogP contribution >= 0.6 is 0 Å². The minimum atomic E-state index is -0.885. The van der Waals surface area contributed by atoms with E-state index in [0.717, 1.165) is 6.42 Å². The van der Waals surface area contributed by atoms with Gasteiger partial charge in [-0.25, -0.2) is 0 Å². The molecule has 0 radical (unpaired) electrons. The first-order chi connectivity index (χ1) is 8.41. The van der Waals surface area contributed by atoms with Crippen LogP contribution in [0.15, 0.2) is 5.16 Å². The number of rotatable bonds is 5. The molecule has 1 atom stereocenters. The van der Waals surface area contributed by atoms with E-state index in [9.17, 15) is 9.59 Å². The standard InChI is InChI=1S/C13H21NO4/c1-5-7-9(14-17-6-2)11-10(15)8-13(3,4)18-12(11)16/h11H,5-8H2,1-4H3/b14-9-. The summed E-state index contributed by atoms with van der Waals surface area (Å²) in [7, 11) is 0. The van der Waals surface area contributed by atoms with Crippen LogP contribution in [0.25, 0.3) is 0 Å². The summed E-state index contributed by atoms with van der Waals surface area (Å²) < 4.78 is 5.27. The van der Waals surface area contributed by atoms with E-state index in [1.165, 1.54) is 0 Å². The van der Waals surface area contributed by atoms with E-state index in [-0.39, 0.29) is 12.2 Å². The average Bonchev–Trinajstić information content (AvgIpc) is 2.23. The molecule has 1 unspecified atom stereocenters. The molecular weight excluding hydrogens is 234 g/mol. The first kappa shape index (κ1) is 14.7. The molecule has 1 fully saturated rings. The highest BCUT2D eigenvalue weighted by atomic mass is 16.6. The number of Topliss-reactive ketones (excluding diaryl/α,β-unsaturated/α-hetero) is 1. The van der Waals surface area contributed by atoms with Crippen LogP contribution < -0.4 is 0 Å². The van der Waals surface area contributed by atoms with E-state index in [4.69, 9.17) is 9.57 Å². The highest BCUT2D eigenvalue weighted by Gasteiger charge is 2.44. The Morgan fingerprint density at radius 3 is 2.61 bits per heavy atom. The summed E-state index contributed by atoms with van der Waals surface area (Å²) in [5, 5.41) is 3.90. The number of esters is 1. The van der Waals surface area contributed by atoms with Crippen molar-refractivity contribution >= 4 is 17.5 Å². The fourth-order valence-electron chi connectivity index (χ4n) is 1.99. The van der Waals surface area contributed by atoms with Crippen LogP contribution in [0.2, 0.25) is 0 Å². The highest BCUT2D eigenvalue weighted by molar-refractivity contribution is 6.20. The lowest BCUT2D eigenvalue weighted by molar-refractivity contribution is -0.169. The van der Waals surface area contributed by atoms with Crippen LogP contribution in [0.5, 0.6) is 0 Å². The summed E-state index contributed by atoms with van der Waals surface area (Å²) in [4.78, 5) is 29.0. The van der Waals surface area contributed by atoms with Gasteiger partial charge in [0.15, 0.2) is 11.7 Å². The molecule has 0 aromatic rings. The second-order valence-electron chi connectivity index (χ2n) is 5.01. The summed E-state index contributed by atoms with van der Waals surface area (Å²) in [5.41, 5.74) is -0.238. The predicted molar refractivity (Wildman–Crippen MR) is 67.3 cm³/mol. The Bertz CT molecular complexity index is 340. The van der Waals surface area contributed by atoms with E-state index in [1.54, 1.807) is 20.8 Å². The van der Waals surface area contributed by atoms with Gasteiger partial charge in [0.05, 0.1) is 5.71 Å². The maximum atomic E-state index is 12.1. The first-order valence-electron chi connectivity index (χ1n) is 6.35. The maximum Gasteiger partial charge on any atom is 0.322 e. The lowest BCUT2D eigenvalue weighted by atomic mass is 9.85. The zero-order chi connectivity index (χ0) is 13.8. The van der Waals surface area contributed by atoms with Gasteiger partial charge in [-0.2, -0.15) is 0 Å². The number of oxime groups is 1. The fraction of sp³-hybridized carbons (Fsp3) is 0.769. The van der Waals surface area contributed by atoms with Crippen molar-refractivity contribution < 1.29 is 19.2 Å². The quantitative estimate of drug-likeness (QED) is 0.326. The molecule has 1 aliphatic heterocycles. The molecule has 0 spiro atoms. The number of ether oxygens (including phenoxy) is 1. The van der Waals surface area contributed by atoms with Gasteiger partial charge < -0.3 is 9.57 Å². The molecule has 0 aliphatic carbocycles. The molecule has 5 nitrogen and oxygen atoms in total. The summed E-state index contributed by atoms with van der Waals surface area (Å²) in [6, 6.07) is 0. The van der Waals surface area contributed by atoms with Gasteiger partial charge >= 0.3 is 5.97 Å². The Morgan fingerprint density at radius 2 is 2.11 bits per heavy atom. The van der Waals surface area contributed by atoms with Crippen molar-refractivity contribution in [2.24, 2.45) is 11.1 Å². The lowest BCUT2D eigenvalue weighted by Crippen LogP contribution is -2.47. The molecule has 0 aromatic heterocycles. The largest absolute Gasteiger partial charge is 0.458 e. The number of carbonyl (C=O) groups excluding carboxylic acids is 2. The van der Waals surface area contributed by atoms with Gasteiger partial charge in [0.1, 0.15) is 12.2 Å². The molecule has 5 heteroatoms. The normalized spacial score (nSPS) is 23.8. The van der Waals surface area contributed by atoms with Gasteiger partial charge in [-0.1, -0.05) is 18.5 Å². The van der Waals surface area contributed by atoms with Gasteiger partial charge in [-0.15, -0.1) is 0 Å². The summed E-state index contributed by atoms with van der Waals surface area (Å²) >= 11 is 0. The number of carbonyl (C=O) groups is 2. The van der Waals surface area contributed by atoms with Crippen LogP contribution in [0.3, 0.4) is 0 Å². The fourth-order valence-corrected chi connectivity index (χ4v) is 1.99. The number of ketones is 1. The highest BCUT2D eigenvalue weighted by Crippen LogP contribution is 2.27. The van der Waals surface area contributed by atoms with Crippen LogP contribution in [0.4, 0.5) is 0 Å². The van der Waals surface area contributed by atoms with Gasteiger partial charge in [0.2, 0.25) is 0 Å². The minimum Gasteiger partial charge on any atom is -0.458 e. The number of nitrogens with zero attached hydrogens (tertiary/aromatic N) is 1. The van der Waals surface area contributed by atoms with Gasteiger partial charge in [0.25, 0.3) is 0 Å². The van der Waals surface area contributed by atoms with Gasteiger partial charge in [0, 0.05) is 6.42 Å². The van der Waals surface area contributed by atoms with E-state index >= 15 is 0 Å². The minimum absolute atomic E-state index is 0.136. The Kier molecular flexibility index (Phi) is 4.87. The van der Waals surface area contributed by atoms with Crippen molar-refractivity contribution in [1.29, 1.82) is 0 Å². The first-order valence-corrected chi connectivity index (χ1v) is 6.35. The molecule has 102 valence electrons. The molecule has 0 aromatic carbocycles. The lowest BCUT2D eigenvalue weighted by Gasteiger charge is -2.32. The third-order valence-electron chi connectivity index (χ3n) is 2.68. The number of cyclic esters (lactones) is 1. The van der Waals surface area contributed by atoms with Crippen molar-refractivity contribution in [2.45, 2.75) is 52.6 Å². The van der Waals surface area contributed by atoms with Crippen LogP contribution in [-0.4, -0.2) is 29.7 Å². The number of hydrogen-bond donors (Lipinski definition) is 0. The Hall–Kier alpha value is -1.39. The number of hydrogen-bond acceptors (Lipinski definition) is 5. The SMILES string of the molecule is CCC/C(=N/OCC)C1C(=O)CC(C)(C)OC1=O. The third kappa shape index (κ3) is 3.55. The molecule has 0 bridgehead atoms. The van der Waals surface area contributed by atoms with Crippen LogP contribution in [0, 0.1) is 5.92 Å². The topological polar surface area (TPSA) is 65.0 Å². The summed E-state index contributed by atoms with van der Waals surface area (Å²) in [5.74, 6) is -1.53.